The third kappa shape index (κ3) is 4.29. The van der Waals surface area contributed by atoms with Gasteiger partial charge in [-0.3, -0.25) is 0 Å². The second-order valence-corrected chi connectivity index (χ2v) is 6.64. The van der Waals surface area contributed by atoms with Gasteiger partial charge in [0.25, 0.3) is 0 Å². The van der Waals surface area contributed by atoms with Gasteiger partial charge in [0.2, 0.25) is 0 Å². The maximum atomic E-state index is 13.7. The lowest BCUT2D eigenvalue weighted by atomic mass is 10.0. The largest absolute Gasteiger partial charge is 0.381 e. The summed E-state index contributed by atoms with van der Waals surface area (Å²) in [5.41, 5.74) is 3.80. The van der Waals surface area contributed by atoms with Crippen LogP contribution in [-0.2, 0) is 0 Å². The van der Waals surface area contributed by atoms with E-state index in [4.69, 9.17) is 0 Å². The summed E-state index contributed by atoms with van der Waals surface area (Å²) in [6.07, 6.45) is 1.93. The van der Waals surface area contributed by atoms with Crippen LogP contribution in [0.5, 0.6) is 0 Å². The summed E-state index contributed by atoms with van der Waals surface area (Å²) in [5.74, 6) is -0.419. The van der Waals surface area contributed by atoms with Crippen molar-refractivity contribution < 1.29 is 9.18 Å². The van der Waals surface area contributed by atoms with E-state index in [0.717, 1.165) is 18.5 Å². The Morgan fingerprint density at radius 2 is 1.96 bits per heavy atom. The molecular formula is C20H24FN3O. The van der Waals surface area contributed by atoms with E-state index >= 15 is 0 Å². The molecule has 0 saturated carbocycles. The zero-order chi connectivity index (χ0) is 17.8. The fourth-order valence-corrected chi connectivity index (χ4v) is 3.10. The van der Waals surface area contributed by atoms with E-state index < -0.39 is 5.82 Å². The molecule has 2 aromatic rings. The van der Waals surface area contributed by atoms with E-state index in [-0.39, 0.29) is 17.8 Å². The van der Waals surface area contributed by atoms with Gasteiger partial charge in [0.05, 0.1) is 5.69 Å². The molecule has 4 nitrogen and oxygen atoms in total. The predicted octanol–water partition coefficient (Wildman–Crippen LogP) is 4.55. The summed E-state index contributed by atoms with van der Waals surface area (Å²) in [7, 11) is 0. The van der Waals surface area contributed by atoms with Crippen LogP contribution in [0.3, 0.4) is 0 Å². The van der Waals surface area contributed by atoms with Crippen molar-refractivity contribution in [2.24, 2.45) is 0 Å². The smallest absolute Gasteiger partial charge is 0.321 e. The molecule has 132 valence electrons. The maximum absolute atomic E-state index is 13.7. The van der Waals surface area contributed by atoms with Crippen molar-refractivity contribution in [3.05, 3.63) is 59.4 Å². The number of benzene rings is 2. The number of hydrogen-bond acceptors (Lipinski definition) is 2. The average Bonchev–Trinajstić information content (AvgIpc) is 2.60. The van der Waals surface area contributed by atoms with Gasteiger partial charge >= 0.3 is 6.03 Å². The van der Waals surface area contributed by atoms with Crippen molar-refractivity contribution in [3.8, 4) is 0 Å². The van der Waals surface area contributed by atoms with Gasteiger partial charge < -0.3 is 15.5 Å². The van der Waals surface area contributed by atoms with Gasteiger partial charge in [0.1, 0.15) is 5.82 Å². The van der Waals surface area contributed by atoms with Gasteiger partial charge in [0.15, 0.2) is 0 Å². The van der Waals surface area contributed by atoms with Crippen molar-refractivity contribution in [1.82, 2.24) is 4.90 Å². The molecule has 1 aliphatic rings. The van der Waals surface area contributed by atoms with Crippen LogP contribution in [0.2, 0.25) is 0 Å². The molecule has 2 amide bonds. The normalized spacial score (nSPS) is 17.2. The van der Waals surface area contributed by atoms with Crippen molar-refractivity contribution >= 4 is 17.4 Å². The Hall–Kier alpha value is -2.56. The number of anilines is 2. The first-order chi connectivity index (χ1) is 12.0. The quantitative estimate of drug-likeness (QED) is 0.860. The number of carbonyl (C=O) groups excluding carboxylic acids is 1. The highest BCUT2D eigenvalue weighted by Crippen LogP contribution is 2.20. The molecule has 25 heavy (non-hydrogen) atoms. The molecule has 3 rings (SSSR count). The average molecular weight is 341 g/mol. The van der Waals surface area contributed by atoms with Crippen LogP contribution < -0.4 is 10.6 Å². The Balaban J connectivity index is 1.61. The molecule has 1 atom stereocenters. The van der Waals surface area contributed by atoms with Crippen molar-refractivity contribution in [2.45, 2.75) is 32.7 Å². The Kier molecular flexibility index (Phi) is 5.22. The number of likely N-dealkylation sites (tertiary alicyclic amines) is 1. The molecule has 0 spiro atoms. The molecule has 1 aliphatic heterocycles. The first-order valence-electron chi connectivity index (χ1n) is 8.67. The number of rotatable bonds is 3. The van der Waals surface area contributed by atoms with Gasteiger partial charge in [-0.25, -0.2) is 9.18 Å². The van der Waals surface area contributed by atoms with E-state index in [1.807, 2.05) is 0 Å². The van der Waals surface area contributed by atoms with Crippen LogP contribution in [0, 0.1) is 19.7 Å². The summed E-state index contributed by atoms with van der Waals surface area (Å²) < 4.78 is 13.7. The van der Waals surface area contributed by atoms with Gasteiger partial charge in [-0.2, -0.15) is 0 Å². The highest BCUT2D eigenvalue weighted by atomic mass is 19.1. The molecule has 0 radical (unpaired) electrons. The molecule has 1 fully saturated rings. The summed E-state index contributed by atoms with van der Waals surface area (Å²) in [4.78, 5) is 14.2. The monoisotopic (exact) mass is 341 g/mol. The molecule has 0 aromatic heterocycles. The van der Waals surface area contributed by atoms with Gasteiger partial charge in [-0.15, -0.1) is 0 Å². The number of urea groups is 1. The lowest BCUT2D eigenvalue weighted by Gasteiger charge is -2.33. The minimum Gasteiger partial charge on any atom is -0.381 e. The number of hydrogen-bond donors (Lipinski definition) is 2. The Bertz CT molecular complexity index is 762. The fourth-order valence-electron chi connectivity index (χ4n) is 3.10. The summed E-state index contributed by atoms with van der Waals surface area (Å²) in [6, 6.07) is 12.5. The van der Waals surface area contributed by atoms with E-state index in [9.17, 15) is 9.18 Å². The lowest BCUT2D eigenvalue weighted by Crippen LogP contribution is -2.46. The van der Waals surface area contributed by atoms with Crippen molar-refractivity contribution in [2.75, 3.05) is 23.7 Å². The van der Waals surface area contributed by atoms with Crippen molar-refractivity contribution in [3.63, 3.8) is 0 Å². The minimum atomic E-state index is -0.419. The number of nitrogens with one attached hydrogen (secondary N) is 2. The molecule has 2 aromatic carbocycles. The Morgan fingerprint density at radius 1 is 1.16 bits per heavy atom. The first kappa shape index (κ1) is 17.3. The molecular weight excluding hydrogens is 317 g/mol. The number of piperidine rings is 1. The van der Waals surface area contributed by atoms with Crippen LogP contribution in [-0.4, -0.2) is 30.1 Å². The van der Waals surface area contributed by atoms with Crippen LogP contribution in [0.1, 0.15) is 24.0 Å². The lowest BCUT2D eigenvalue weighted by molar-refractivity contribution is 0.196. The van der Waals surface area contributed by atoms with E-state index in [1.54, 1.807) is 23.1 Å². The number of amides is 2. The molecule has 0 unspecified atom stereocenters. The number of para-hydroxylation sites is 1. The second-order valence-electron chi connectivity index (χ2n) is 6.64. The van der Waals surface area contributed by atoms with E-state index in [1.165, 1.54) is 17.2 Å². The van der Waals surface area contributed by atoms with Gasteiger partial charge in [-0.05, 0) is 62.1 Å². The number of carbonyl (C=O) groups is 1. The third-order valence-electron chi connectivity index (χ3n) is 4.70. The molecule has 1 saturated heterocycles. The SMILES string of the molecule is Cc1ccc(N[C@H]2CCCN(C(=O)Nc3ccccc3F)C2)cc1C. The summed E-state index contributed by atoms with van der Waals surface area (Å²) >= 11 is 0. The summed E-state index contributed by atoms with van der Waals surface area (Å²) in [5, 5.41) is 6.18. The summed E-state index contributed by atoms with van der Waals surface area (Å²) in [6.45, 7) is 5.47. The Labute approximate surface area is 148 Å². The Morgan fingerprint density at radius 3 is 2.72 bits per heavy atom. The zero-order valence-corrected chi connectivity index (χ0v) is 14.7. The van der Waals surface area contributed by atoms with Crippen LogP contribution >= 0.6 is 0 Å². The van der Waals surface area contributed by atoms with Crippen LogP contribution in [0.15, 0.2) is 42.5 Å². The molecule has 2 N–H and O–H groups in total. The number of halogens is 1. The highest BCUT2D eigenvalue weighted by Gasteiger charge is 2.24. The van der Waals surface area contributed by atoms with E-state index in [0.29, 0.717) is 13.1 Å². The highest BCUT2D eigenvalue weighted by molar-refractivity contribution is 5.89. The van der Waals surface area contributed by atoms with Gasteiger partial charge in [0, 0.05) is 24.8 Å². The minimum absolute atomic E-state index is 0.197. The van der Waals surface area contributed by atoms with Gasteiger partial charge in [-0.1, -0.05) is 18.2 Å². The topological polar surface area (TPSA) is 44.4 Å². The van der Waals surface area contributed by atoms with Crippen LogP contribution in [0.25, 0.3) is 0 Å². The van der Waals surface area contributed by atoms with Crippen molar-refractivity contribution in [1.29, 1.82) is 0 Å². The molecule has 5 heteroatoms. The standard InChI is InChI=1S/C20H24FN3O/c1-14-9-10-16(12-15(14)2)22-17-6-5-11-24(13-17)20(25)23-19-8-4-3-7-18(19)21/h3-4,7-10,12,17,22H,5-6,11,13H2,1-2H3,(H,23,25)/t17-/m0/s1. The zero-order valence-electron chi connectivity index (χ0n) is 14.7. The third-order valence-corrected chi connectivity index (χ3v) is 4.70. The maximum Gasteiger partial charge on any atom is 0.321 e. The number of aryl methyl sites for hydroxylation is 2. The van der Waals surface area contributed by atoms with E-state index in [2.05, 4.69) is 42.7 Å². The number of nitrogens with zero attached hydrogens (tertiary/aromatic N) is 1. The second kappa shape index (κ2) is 7.55. The molecule has 0 aliphatic carbocycles. The van der Waals surface area contributed by atoms with Crippen LogP contribution in [0.4, 0.5) is 20.6 Å². The fraction of sp³-hybridized carbons (Fsp3) is 0.350. The molecule has 1 heterocycles. The predicted molar refractivity (Wildman–Crippen MR) is 99.6 cm³/mol. The first-order valence-corrected chi connectivity index (χ1v) is 8.67. The molecule has 0 bridgehead atoms.